The summed E-state index contributed by atoms with van der Waals surface area (Å²) in [5, 5.41) is 1.96. The summed E-state index contributed by atoms with van der Waals surface area (Å²) in [5.74, 6) is 3.00. The van der Waals surface area contributed by atoms with Crippen molar-refractivity contribution in [2.24, 2.45) is 4.99 Å². The maximum atomic E-state index is 12.2. The molecule has 120 valence electrons. The van der Waals surface area contributed by atoms with Crippen LogP contribution in [0, 0.1) is 12.3 Å². The number of benzene rings is 1. The van der Waals surface area contributed by atoms with Crippen LogP contribution in [0.4, 0.5) is 0 Å². The van der Waals surface area contributed by atoms with E-state index >= 15 is 0 Å². The smallest absolute Gasteiger partial charge is 0.272 e. The molecule has 6 heteroatoms. The Morgan fingerprint density at radius 1 is 1.42 bits per heavy atom. The van der Waals surface area contributed by atoms with Crippen LogP contribution in [-0.2, 0) is 11.3 Å². The minimum atomic E-state index is -0.320. The molecule has 2 heterocycles. The monoisotopic (exact) mass is 354 g/mol. The van der Waals surface area contributed by atoms with E-state index in [2.05, 4.69) is 10.9 Å². The third-order valence-corrected chi connectivity index (χ3v) is 5.15. The van der Waals surface area contributed by atoms with Gasteiger partial charge in [0.05, 0.1) is 18.4 Å². The summed E-state index contributed by atoms with van der Waals surface area (Å²) in [4.78, 5) is 17.9. The summed E-state index contributed by atoms with van der Waals surface area (Å²) in [6, 6.07) is 9.60. The average molecular weight is 354 g/mol. The van der Waals surface area contributed by atoms with Crippen molar-refractivity contribution in [3.05, 3.63) is 51.5 Å². The van der Waals surface area contributed by atoms with E-state index in [0.717, 1.165) is 15.1 Å². The lowest BCUT2D eigenvalue weighted by Crippen LogP contribution is -2.16. The topological polar surface area (TPSA) is 43.6 Å². The maximum absolute atomic E-state index is 12.2. The number of fused-ring (bicyclic) bond motifs is 1. The zero-order chi connectivity index (χ0) is 16.9. The van der Waals surface area contributed by atoms with Crippen LogP contribution >= 0.6 is 22.7 Å². The van der Waals surface area contributed by atoms with Gasteiger partial charge in [-0.2, -0.15) is 4.99 Å². The average Bonchev–Trinajstić information content (AvgIpc) is 3.21. The van der Waals surface area contributed by atoms with E-state index in [-0.39, 0.29) is 5.91 Å². The third-order valence-electron chi connectivity index (χ3n) is 3.27. The number of rotatable bonds is 4. The number of thiophene rings is 1. The Morgan fingerprint density at radius 2 is 2.29 bits per heavy atom. The summed E-state index contributed by atoms with van der Waals surface area (Å²) >= 11 is 2.98. The summed E-state index contributed by atoms with van der Waals surface area (Å²) in [7, 11) is 1.61. The van der Waals surface area contributed by atoms with Gasteiger partial charge in [0.2, 0.25) is 0 Å². The number of hydrogen-bond donors (Lipinski definition) is 0. The molecule has 2 aromatic heterocycles. The van der Waals surface area contributed by atoms with Gasteiger partial charge in [-0.15, -0.1) is 17.8 Å². The number of nitrogens with zero attached hydrogens (tertiary/aromatic N) is 2. The van der Waals surface area contributed by atoms with Gasteiger partial charge in [0.15, 0.2) is 4.80 Å². The first-order chi connectivity index (χ1) is 11.7. The number of thiazole rings is 1. The van der Waals surface area contributed by atoms with Crippen LogP contribution in [0.1, 0.15) is 4.88 Å². The molecule has 1 aromatic carbocycles. The second-order valence-corrected chi connectivity index (χ2v) is 6.77. The molecule has 1 amide bonds. The van der Waals surface area contributed by atoms with Gasteiger partial charge in [0, 0.05) is 11.0 Å². The standard InChI is InChI=1S/C18H14N2O2S2/c1-3-11-20-17-14(22-2)7-4-8-15(17)24-18(20)19-16(21)10-9-13-6-5-12-23-13/h1,4-10,12H,11H2,2H3. The molecule has 0 atom stereocenters. The minimum Gasteiger partial charge on any atom is -0.495 e. The first-order valence-corrected chi connectivity index (χ1v) is 8.82. The van der Waals surface area contributed by atoms with Crippen LogP contribution in [0.15, 0.2) is 46.8 Å². The molecule has 0 saturated heterocycles. The first kappa shape index (κ1) is 16.2. The maximum Gasteiger partial charge on any atom is 0.272 e. The molecule has 0 saturated carbocycles. The molecule has 0 radical (unpaired) electrons. The highest BCUT2D eigenvalue weighted by molar-refractivity contribution is 7.16. The molecule has 3 aromatic rings. The number of hydrogen-bond acceptors (Lipinski definition) is 4. The fourth-order valence-corrected chi connectivity index (χ4v) is 3.93. The Labute approximate surface area is 147 Å². The second kappa shape index (κ2) is 7.30. The van der Waals surface area contributed by atoms with Gasteiger partial charge in [-0.05, 0) is 29.7 Å². The Kier molecular flexibility index (Phi) is 4.94. The van der Waals surface area contributed by atoms with Crippen molar-refractivity contribution in [2.75, 3.05) is 7.11 Å². The van der Waals surface area contributed by atoms with Gasteiger partial charge in [-0.25, -0.2) is 0 Å². The van der Waals surface area contributed by atoms with Crippen LogP contribution < -0.4 is 9.54 Å². The van der Waals surface area contributed by atoms with Crippen molar-refractivity contribution in [3.8, 4) is 18.1 Å². The Bertz CT molecular complexity index is 1000. The molecule has 0 unspecified atom stereocenters. The lowest BCUT2D eigenvalue weighted by molar-refractivity contribution is -0.113. The molecule has 0 aliphatic rings. The van der Waals surface area contributed by atoms with E-state index in [1.807, 2.05) is 40.3 Å². The molecule has 4 nitrogen and oxygen atoms in total. The van der Waals surface area contributed by atoms with Crippen molar-refractivity contribution in [3.63, 3.8) is 0 Å². The number of methoxy groups -OCH3 is 1. The number of para-hydroxylation sites is 1. The van der Waals surface area contributed by atoms with Crippen LogP contribution in [-0.4, -0.2) is 17.6 Å². The molecule has 0 spiro atoms. The zero-order valence-electron chi connectivity index (χ0n) is 12.9. The van der Waals surface area contributed by atoms with E-state index in [0.29, 0.717) is 17.1 Å². The quantitative estimate of drug-likeness (QED) is 0.531. The largest absolute Gasteiger partial charge is 0.495 e. The molecule has 24 heavy (non-hydrogen) atoms. The summed E-state index contributed by atoms with van der Waals surface area (Å²) in [6.45, 7) is 0.321. The number of carbonyl (C=O) groups excluding carboxylic acids is 1. The van der Waals surface area contributed by atoms with E-state index in [4.69, 9.17) is 11.2 Å². The lowest BCUT2D eigenvalue weighted by atomic mass is 10.3. The van der Waals surface area contributed by atoms with E-state index in [1.54, 1.807) is 24.5 Å². The zero-order valence-corrected chi connectivity index (χ0v) is 14.6. The minimum absolute atomic E-state index is 0.320. The Hall–Kier alpha value is -2.62. The van der Waals surface area contributed by atoms with Crippen molar-refractivity contribution in [1.82, 2.24) is 4.57 Å². The van der Waals surface area contributed by atoms with Crippen molar-refractivity contribution in [1.29, 1.82) is 0 Å². The van der Waals surface area contributed by atoms with Crippen LogP contribution in [0.25, 0.3) is 16.3 Å². The molecule has 0 bridgehead atoms. The predicted octanol–water partition coefficient (Wildman–Crippen LogP) is 3.55. The second-order valence-electron chi connectivity index (χ2n) is 4.78. The highest BCUT2D eigenvalue weighted by Gasteiger charge is 2.11. The molecule has 0 N–H and O–H groups in total. The summed E-state index contributed by atoms with van der Waals surface area (Å²) in [6.07, 6.45) is 8.70. The van der Waals surface area contributed by atoms with E-state index in [1.165, 1.54) is 17.4 Å². The highest BCUT2D eigenvalue weighted by Crippen LogP contribution is 2.27. The van der Waals surface area contributed by atoms with Gasteiger partial charge in [-0.1, -0.05) is 29.4 Å². The van der Waals surface area contributed by atoms with Crippen LogP contribution in [0.3, 0.4) is 0 Å². The number of aromatic nitrogens is 1. The summed E-state index contributed by atoms with van der Waals surface area (Å²) < 4.78 is 8.21. The normalized spacial score (nSPS) is 11.9. The van der Waals surface area contributed by atoms with Crippen LogP contribution in [0.2, 0.25) is 0 Å². The molecule has 0 fully saturated rings. The van der Waals surface area contributed by atoms with Gasteiger partial charge < -0.3 is 9.30 Å². The number of amides is 1. The molecule has 0 aliphatic heterocycles. The molecule has 0 aliphatic carbocycles. The molecule has 3 rings (SSSR count). The van der Waals surface area contributed by atoms with Crippen molar-refractivity contribution >= 4 is 44.9 Å². The van der Waals surface area contributed by atoms with Crippen LogP contribution in [0.5, 0.6) is 5.75 Å². The highest BCUT2D eigenvalue weighted by atomic mass is 32.1. The van der Waals surface area contributed by atoms with Gasteiger partial charge >= 0.3 is 0 Å². The van der Waals surface area contributed by atoms with Gasteiger partial charge in [0.1, 0.15) is 11.3 Å². The SMILES string of the molecule is C#CCn1c(=NC(=O)C=Cc2cccs2)sc2cccc(OC)c21. The first-order valence-electron chi connectivity index (χ1n) is 7.13. The van der Waals surface area contributed by atoms with Gasteiger partial charge in [0.25, 0.3) is 5.91 Å². The number of terminal acetylenes is 1. The number of carbonyl (C=O) groups is 1. The number of ether oxygens (including phenoxy) is 1. The molecular weight excluding hydrogens is 340 g/mol. The van der Waals surface area contributed by atoms with Crippen molar-refractivity contribution in [2.45, 2.75) is 6.54 Å². The van der Waals surface area contributed by atoms with E-state index < -0.39 is 0 Å². The third kappa shape index (κ3) is 3.32. The Morgan fingerprint density at radius 3 is 3.00 bits per heavy atom. The van der Waals surface area contributed by atoms with Crippen molar-refractivity contribution < 1.29 is 9.53 Å². The molecular formula is C18H14N2O2S2. The predicted molar refractivity (Wildman–Crippen MR) is 99.1 cm³/mol. The van der Waals surface area contributed by atoms with Gasteiger partial charge in [-0.3, -0.25) is 4.79 Å². The Balaban J connectivity index is 2.06. The van der Waals surface area contributed by atoms with E-state index in [9.17, 15) is 4.79 Å². The summed E-state index contributed by atoms with van der Waals surface area (Å²) in [5.41, 5.74) is 0.858. The fourth-order valence-electron chi connectivity index (χ4n) is 2.26. The lowest BCUT2D eigenvalue weighted by Gasteiger charge is -2.05. The fraction of sp³-hybridized carbons (Fsp3) is 0.111.